The fourth-order valence-electron chi connectivity index (χ4n) is 2.96. The monoisotopic (exact) mass is 496 g/mol. The highest BCUT2D eigenvalue weighted by Gasteiger charge is 2.07. The molecule has 2 N–H and O–H groups in total. The van der Waals surface area contributed by atoms with Gasteiger partial charge in [-0.25, -0.2) is 4.98 Å². The fourth-order valence-corrected chi connectivity index (χ4v) is 2.96. The standard InChI is InChI=1S/C21H32N6.HI/c1-5-27(19-12-7-6-8-13-19)16-10-15-24-21(22-2)25-17-18-11-9-14-23-20(18)26(3)4;/h6-9,11-14H,5,10,15-17H2,1-4H3,(H2,22,24,25);1H. The predicted molar refractivity (Wildman–Crippen MR) is 131 cm³/mol. The molecule has 1 aromatic heterocycles. The van der Waals surface area contributed by atoms with Gasteiger partial charge in [0.1, 0.15) is 5.82 Å². The molecule has 2 aromatic rings. The molecule has 0 radical (unpaired) electrons. The van der Waals surface area contributed by atoms with Crippen molar-refractivity contribution in [3.63, 3.8) is 0 Å². The first-order chi connectivity index (χ1) is 13.2. The molecule has 0 aliphatic carbocycles. The number of benzene rings is 1. The summed E-state index contributed by atoms with van der Waals surface area (Å²) in [5.41, 5.74) is 2.42. The molecule has 2 rings (SSSR count). The number of nitrogens with zero attached hydrogens (tertiary/aromatic N) is 4. The van der Waals surface area contributed by atoms with Gasteiger partial charge in [-0.05, 0) is 31.5 Å². The molecule has 7 heteroatoms. The van der Waals surface area contributed by atoms with Crippen LogP contribution in [0.25, 0.3) is 0 Å². The van der Waals surface area contributed by atoms with Crippen molar-refractivity contribution >= 4 is 41.4 Å². The molecule has 0 unspecified atom stereocenters. The van der Waals surface area contributed by atoms with Gasteiger partial charge in [0.25, 0.3) is 0 Å². The Bertz CT molecular complexity index is 705. The third-order valence-corrected chi connectivity index (χ3v) is 4.36. The van der Waals surface area contributed by atoms with Crippen molar-refractivity contribution in [3.8, 4) is 0 Å². The summed E-state index contributed by atoms with van der Waals surface area (Å²) in [5, 5.41) is 6.77. The number of hydrogen-bond donors (Lipinski definition) is 2. The smallest absolute Gasteiger partial charge is 0.191 e. The van der Waals surface area contributed by atoms with Gasteiger partial charge in [-0.3, -0.25) is 4.99 Å². The number of aliphatic imine (C=N–C) groups is 1. The molecule has 1 heterocycles. The normalized spacial score (nSPS) is 10.8. The van der Waals surface area contributed by atoms with Gasteiger partial charge >= 0.3 is 0 Å². The summed E-state index contributed by atoms with van der Waals surface area (Å²) in [6, 6.07) is 14.6. The number of aromatic nitrogens is 1. The molecule has 0 spiro atoms. The molecule has 0 aliphatic heterocycles. The molecule has 6 nitrogen and oxygen atoms in total. The predicted octanol–water partition coefficient (Wildman–Crippen LogP) is 3.35. The summed E-state index contributed by atoms with van der Waals surface area (Å²) in [6.45, 7) is 5.77. The van der Waals surface area contributed by atoms with E-state index in [1.54, 1.807) is 7.05 Å². The van der Waals surface area contributed by atoms with Crippen molar-refractivity contribution in [2.75, 3.05) is 50.6 Å². The molecule has 0 bridgehead atoms. The Morgan fingerprint density at radius 2 is 1.82 bits per heavy atom. The van der Waals surface area contributed by atoms with Gasteiger partial charge in [0.2, 0.25) is 0 Å². The summed E-state index contributed by atoms with van der Waals surface area (Å²) in [7, 11) is 5.81. The van der Waals surface area contributed by atoms with E-state index in [2.05, 4.69) is 68.8 Å². The molecule has 154 valence electrons. The molecular weight excluding hydrogens is 463 g/mol. The highest BCUT2D eigenvalue weighted by Crippen LogP contribution is 2.14. The number of nitrogens with one attached hydrogen (secondary N) is 2. The topological polar surface area (TPSA) is 55.8 Å². The molecule has 0 saturated heterocycles. The third kappa shape index (κ3) is 7.53. The lowest BCUT2D eigenvalue weighted by molar-refractivity contribution is 0.708. The van der Waals surface area contributed by atoms with Crippen LogP contribution in [0.5, 0.6) is 0 Å². The van der Waals surface area contributed by atoms with Crippen molar-refractivity contribution in [3.05, 3.63) is 54.2 Å². The van der Waals surface area contributed by atoms with E-state index < -0.39 is 0 Å². The highest BCUT2D eigenvalue weighted by atomic mass is 127. The Balaban J connectivity index is 0.00000392. The summed E-state index contributed by atoms with van der Waals surface area (Å²) in [6.07, 6.45) is 2.86. The van der Waals surface area contributed by atoms with Gasteiger partial charge in [-0.1, -0.05) is 24.3 Å². The van der Waals surface area contributed by atoms with E-state index in [0.717, 1.165) is 43.4 Å². The van der Waals surface area contributed by atoms with E-state index in [1.165, 1.54) is 5.69 Å². The van der Waals surface area contributed by atoms with Crippen LogP contribution >= 0.6 is 24.0 Å². The van der Waals surface area contributed by atoms with Crippen LogP contribution in [0.15, 0.2) is 53.7 Å². The largest absolute Gasteiger partial charge is 0.372 e. The zero-order valence-electron chi connectivity index (χ0n) is 17.4. The number of guanidine groups is 1. The van der Waals surface area contributed by atoms with Crippen molar-refractivity contribution < 1.29 is 0 Å². The molecule has 0 fully saturated rings. The van der Waals surface area contributed by atoms with Crippen molar-refractivity contribution in [2.45, 2.75) is 19.9 Å². The number of rotatable bonds is 9. The summed E-state index contributed by atoms with van der Waals surface area (Å²) >= 11 is 0. The van der Waals surface area contributed by atoms with Gasteiger partial charge in [-0.15, -0.1) is 24.0 Å². The number of hydrogen-bond acceptors (Lipinski definition) is 4. The molecular formula is C21H33IN6. The lowest BCUT2D eigenvalue weighted by atomic mass is 10.2. The first-order valence-electron chi connectivity index (χ1n) is 9.51. The minimum atomic E-state index is 0. The molecule has 0 amide bonds. The molecule has 0 atom stereocenters. The molecule has 28 heavy (non-hydrogen) atoms. The average molecular weight is 496 g/mol. The van der Waals surface area contributed by atoms with Crippen LogP contribution in [0, 0.1) is 0 Å². The molecule has 0 saturated carbocycles. The van der Waals surface area contributed by atoms with E-state index in [4.69, 9.17) is 0 Å². The zero-order chi connectivity index (χ0) is 19.5. The maximum atomic E-state index is 4.44. The minimum Gasteiger partial charge on any atom is -0.372 e. The lowest BCUT2D eigenvalue weighted by Gasteiger charge is -2.23. The van der Waals surface area contributed by atoms with Crippen LogP contribution in [0.1, 0.15) is 18.9 Å². The highest BCUT2D eigenvalue weighted by molar-refractivity contribution is 14.0. The van der Waals surface area contributed by atoms with Gasteiger partial charge < -0.3 is 20.4 Å². The Morgan fingerprint density at radius 1 is 1.07 bits per heavy atom. The Labute approximate surface area is 186 Å². The van der Waals surface area contributed by atoms with Crippen molar-refractivity contribution in [1.29, 1.82) is 0 Å². The second-order valence-electron chi connectivity index (χ2n) is 6.50. The van der Waals surface area contributed by atoms with E-state index in [1.807, 2.05) is 31.3 Å². The van der Waals surface area contributed by atoms with Gasteiger partial charge in [-0.2, -0.15) is 0 Å². The second kappa shape index (κ2) is 13.2. The molecule has 1 aromatic carbocycles. The SMILES string of the molecule is CCN(CCCNC(=NC)NCc1cccnc1N(C)C)c1ccccc1.I. The zero-order valence-corrected chi connectivity index (χ0v) is 19.7. The van der Waals surface area contributed by atoms with Crippen LogP contribution < -0.4 is 20.4 Å². The number of para-hydroxylation sites is 1. The van der Waals surface area contributed by atoms with E-state index in [-0.39, 0.29) is 24.0 Å². The van der Waals surface area contributed by atoms with Crippen molar-refractivity contribution in [1.82, 2.24) is 15.6 Å². The summed E-state index contributed by atoms with van der Waals surface area (Å²) in [5.74, 6) is 1.79. The van der Waals surface area contributed by atoms with Crippen molar-refractivity contribution in [2.24, 2.45) is 4.99 Å². The maximum absolute atomic E-state index is 4.44. The van der Waals surface area contributed by atoms with Gasteiger partial charge in [0.05, 0.1) is 0 Å². The Kier molecular flexibility index (Phi) is 11.3. The Morgan fingerprint density at radius 3 is 2.46 bits per heavy atom. The summed E-state index contributed by atoms with van der Waals surface area (Å²) < 4.78 is 0. The van der Waals surface area contributed by atoms with Gasteiger partial charge in [0.15, 0.2) is 5.96 Å². The van der Waals surface area contributed by atoms with Crippen LogP contribution in [0.3, 0.4) is 0 Å². The first-order valence-corrected chi connectivity index (χ1v) is 9.51. The summed E-state index contributed by atoms with van der Waals surface area (Å²) in [4.78, 5) is 13.2. The van der Waals surface area contributed by atoms with Crippen LogP contribution in [-0.4, -0.2) is 51.7 Å². The Hall–Kier alpha value is -2.03. The third-order valence-electron chi connectivity index (χ3n) is 4.36. The average Bonchev–Trinajstić information content (AvgIpc) is 2.71. The van der Waals surface area contributed by atoms with Crippen LogP contribution in [0.4, 0.5) is 11.5 Å². The van der Waals surface area contributed by atoms with Crippen LogP contribution in [-0.2, 0) is 6.54 Å². The quantitative estimate of drug-likeness (QED) is 0.242. The fraction of sp³-hybridized carbons (Fsp3) is 0.429. The van der Waals surface area contributed by atoms with E-state index in [9.17, 15) is 0 Å². The minimum absolute atomic E-state index is 0. The maximum Gasteiger partial charge on any atom is 0.191 e. The number of anilines is 2. The van der Waals surface area contributed by atoms with E-state index in [0.29, 0.717) is 6.54 Å². The molecule has 0 aliphatic rings. The number of pyridine rings is 1. The van der Waals surface area contributed by atoms with Gasteiger partial charge in [0, 0.05) is 64.8 Å². The second-order valence-corrected chi connectivity index (χ2v) is 6.50. The number of halogens is 1. The van der Waals surface area contributed by atoms with Crippen LogP contribution in [0.2, 0.25) is 0 Å². The van der Waals surface area contributed by atoms with E-state index >= 15 is 0 Å². The first kappa shape index (κ1) is 24.0. The lowest BCUT2D eigenvalue weighted by Crippen LogP contribution is -2.38.